The van der Waals surface area contributed by atoms with Gasteiger partial charge in [-0.05, 0) is 24.1 Å². The van der Waals surface area contributed by atoms with Crippen molar-refractivity contribution in [1.29, 1.82) is 0 Å². The maximum atomic E-state index is 13.5. The van der Waals surface area contributed by atoms with E-state index in [0.717, 1.165) is 31.7 Å². The molecule has 0 aliphatic carbocycles. The van der Waals surface area contributed by atoms with E-state index in [2.05, 4.69) is 10.2 Å². The second-order valence-corrected chi connectivity index (χ2v) is 4.41. The van der Waals surface area contributed by atoms with E-state index in [4.69, 9.17) is 0 Å². The molecule has 2 nitrogen and oxygen atoms in total. The number of nitrogens with one attached hydrogen (secondary N) is 1. The lowest BCUT2D eigenvalue weighted by Crippen LogP contribution is -2.45. The molecule has 1 aliphatic rings. The van der Waals surface area contributed by atoms with Crippen molar-refractivity contribution in [2.45, 2.75) is 13.0 Å². The van der Waals surface area contributed by atoms with Gasteiger partial charge in [0.25, 0.3) is 0 Å². The molecule has 1 N–H and O–H groups in total. The fourth-order valence-electron chi connectivity index (χ4n) is 2.36. The first-order valence-electron chi connectivity index (χ1n) is 5.99. The minimum Gasteiger partial charge on any atom is -0.314 e. The Hall–Kier alpha value is -0.420. The first kappa shape index (κ1) is 18.6. The van der Waals surface area contributed by atoms with Crippen LogP contribution in [0.5, 0.6) is 0 Å². The van der Waals surface area contributed by atoms with Crippen LogP contribution in [0.15, 0.2) is 18.2 Å². The Bertz CT molecular complexity index is 385. The second kappa shape index (κ2) is 8.69. The minimum atomic E-state index is -0.468. The molecule has 6 heteroatoms. The monoisotopic (exact) mass is 312 g/mol. The normalized spacial score (nSPS) is 17.2. The Kier molecular flexibility index (Phi) is 8.50. The smallest absolute Gasteiger partial charge is 0.126 e. The molecule has 0 bridgehead atoms. The molecule has 0 unspecified atom stereocenters. The number of nitrogens with zero attached hydrogens (tertiary/aromatic N) is 1. The Morgan fingerprint density at radius 2 is 1.89 bits per heavy atom. The van der Waals surface area contributed by atoms with Crippen LogP contribution in [0.2, 0.25) is 0 Å². The third kappa shape index (κ3) is 4.28. The van der Waals surface area contributed by atoms with Gasteiger partial charge in [-0.2, -0.15) is 0 Å². The van der Waals surface area contributed by atoms with Gasteiger partial charge >= 0.3 is 0 Å². The van der Waals surface area contributed by atoms with E-state index in [1.54, 1.807) is 13.0 Å². The Labute approximate surface area is 125 Å². The zero-order valence-corrected chi connectivity index (χ0v) is 12.5. The lowest BCUT2D eigenvalue weighted by Gasteiger charge is -2.34. The van der Waals surface area contributed by atoms with Gasteiger partial charge in [0, 0.05) is 26.2 Å². The molecule has 0 radical (unpaired) electrons. The third-order valence-corrected chi connectivity index (χ3v) is 3.41. The number of benzene rings is 1. The maximum absolute atomic E-state index is 13.5. The van der Waals surface area contributed by atoms with Crippen LogP contribution in [0.25, 0.3) is 0 Å². The van der Waals surface area contributed by atoms with Crippen LogP contribution in [-0.2, 0) is 0 Å². The number of hydrogen-bond acceptors (Lipinski definition) is 2. The molecular weight excluding hydrogens is 293 g/mol. The highest BCUT2D eigenvalue weighted by molar-refractivity contribution is 5.85. The van der Waals surface area contributed by atoms with E-state index in [-0.39, 0.29) is 36.7 Å². The summed E-state index contributed by atoms with van der Waals surface area (Å²) in [7, 11) is 0. The standard InChI is InChI=1S/C13H18F2N2.2ClH/c1-10-11(3-2-4-12(10)15)13(9-14)17-7-5-16-6-8-17;;/h2-4,13,16H,5-9H2,1H3;2*1H/t13-;;/m0../s1. The van der Waals surface area contributed by atoms with Crippen LogP contribution >= 0.6 is 24.8 Å². The molecule has 2 rings (SSSR count). The van der Waals surface area contributed by atoms with Crippen LogP contribution in [0, 0.1) is 12.7 Å². The van der Waals surface area contributed by atoms with Crippen molar-refractivity contribution in [3.63, 3.8) is 0 Å². The first-order chi connectivity index (χ1) is 8.24. The number of alkyl halides is 1. The van der Waals surface area contributed by atoms with E-state index in [1.807, 2.05) is 6.07 Å². The summed E-state index contributed by atoms with van der Waals surface area (Å²) in [6.45, 7) is 4.60. The highest BCUT2D eigenvalue weighted by Crippen LogP contribution is 2.26. The van der Waals surface area contributed by atoms with Crippen molar-refractivity contribution in [2.75, 3.05) is 32.9 Å². The lowest BCUT2D eigenvalue weighted by atomic mass is 10.00. The van der Waals surface area contributed by atoms with Crippen LogP contribution in [0.1, 0.15) is 17.2 Å². The average Bonchev–Trinajstić information content (AvgIpc) is 2.37. The van der Waals surface area contributed by atoms with Crippen molar-refractivity contribution in [3.8, 4) is 0 Å². The molecule has 1 aliphatic heterocycles. The van der Waals surface area contributed by atoms with Crippen LogP contribution in [-0.4, -0.2) is 37.8 Å². The van der Waals surface area contributed by atoms with Crippen LogP contribution in [0.3, 0.4) is 0 Å². The number of halogens is 4. The zero-order chi connectivity index (χ0) is 12.3. The van der Waals surface area contributed by atoms with Gasteiger partial charge in [0.1, 0.15) is 12.5 Å². The SMILES string of the molecule is Cc1c(F)cccc1[C@H](CF)N1CCNCC1.Cl.Cl. The number of rotatable bonds is 3. The topological polar surface area (TPSA) is 15.3 Å². The van der Waals surface area contributed by atoms with Gasteiger partial charge in [-0.1, -0.05) is 12.1 Å². The molecule has 110 valence electrons. The predicted molar refractivity (Wildman–Crippen MR) is 78.8 cm³/mol. The van der Waals surface area contributed by atoms with E-state index in [9.17, 15) is 8.78 Å². The van der Waals surface area contributed by atoms with Crippen LogP contribution < -0.4 is 5.32 Å². The van der Waals surface area contributed by atoms with Gasteiger partial charge in [-0.25, -0.2) is 8.78 Å². The summed E-state index contributed by atoms with van der Waals surface area (Å²) in [5, 5.41) is 3.23. The van der Waals surface area contributed by atoms with Crippen molar-refractivity contribution < 1.29 is 8.78 Å². The molecule has 1 atom stereocenters. The van der Waals surface area contributed by atoms with Gasteiger partial charge in [0.05, 0.1) is 6.04 Å². The van der Waals surface area contributed by atoms with E-state index < -0.39 is 6.67 Å². The van der Waals surface area contributed by atoms with Gasteiger partial charge in [0.2, 0.25) is 0 Å². The highest BCUT2D eigenvalue weighted by atomic mass is 35.5. The predicted octanol–water partition coefficient (Wildman–Crippen LogP) is 2.89. The maximum Gasteiger partial charge on any atom is 0.126 e. The van der Waals surface area contributed by atoms with Crippen molar-refractivity contribution in [3.05, 3.63) is 35.1 Å². The summed E-state index contributed by atoms with van der Waals surface area (Å²) in [5.41, 5.74) is 1.34. The Balaban J connectivity index is 0.00000162. The zero-order valence-electron chi connectivity index (χ0n) is 10.9. The van der Waals surface area contributed by atoms with Crippen molar-refractivity contribution in [2.24, 2.45) is 0 Å². The Morgan fingerprint density at radius 3 is 2.47 bits per heavy atom. The van der Waals surface area contributed by atoms with Gasteiger partial charge in [0.15, 0.2) is 0 Å². The molecule has 0 spiro atoms. The molecule has 1 saturated heterocycles. The highest BCUT2D eigenvalue weighted by Gasteiger charge is 2.24. The molecule has 0 aromatic heterocycles. The molecule has 0 amide bonds. The molecule has 1 fully saturated rings. The number of piperazine rings is 1. The molecule has 19 heavy (non-hydrogen) atoms. The fourth-order valence-corrected chi connectivity index (χ4v) is 2.36. The quantitative estimate of drug-likeness (QED) is 0.923. The molecular formula is C13H20Cl2F2N2. The first-order valence-corrected chi connectivity index (χ1v) is 5.99. The molecule has 1 aromatic rings. The van der Waals surface area contributed by atoms with Crippen molar-refractivity contribution >= 4 is 24.8 Å². The Morgan fingerprint density at radius 1 is 1.26 bits per heavy atom. The lowest BCUT2D eigenvalue weighted by molar-refractivity contribution is 0.147. The number of hydrogen-bond donors (Lipinski definition) is 1. The minimum absolute atomic E-state index is 0. The fraction of sp³-hybridized carbons (Fsp3) is 0.538. The van der Waals surface area contributed by atoms with Crippen LogP contribution in [0.4, 0.5) is 8.78 Å². The largest absolute Gasteiger partial charge is 0.314 e. The van der Waals surface area contributed by atoms with E-state index in [1.165, 1.54) is 6.07 Å². The average molecular weight is 313 g/mol. The van der Waals surface area contributed by atoms with Gasteiger partial charge in [-0.15, -0.1) is 24.8 Å². The van der Waals surface area contributed by atoms with Crippen molar-refractivity contribution in [1.82, 2.24) is 10.2 Å². The summed E-state index contributed by atoms with van der Waals surface area (Å²) in [6, 6.07) is 4.59. The summed E-state index contributed by atoms with van der Waals surface area (Å²) in [5.74, 6) is -0.254. The van der Waals surface area contributed by atoms with E-state index in [0.29, 0.717) is 5.56 Å². The summed E-state index contributed by atoms with van der Waals surface area (Å²) in [4.78, 5) is 2.08. The molecule has 1 heterocycles. The third-order valence-electron chi connectivity index (χ3n) is 3.41. The summed E-state index contributed by atoms with van der Waals surface area (Å²) >= 11 is 0. The van der Waals surface area contributed by atoms with E-state index >= 15 is 0 Å². The summed E-state index contributed by atoms with van der Waals surface area (Å²) in [6.07, 6.45) is 0. The molecule has 1 aromatic carbocycles. The summed E-state index contributed by atoms with van der Waals surface area (Å²) < 4.78 is 26.7. The van der Waals surface area contributed by atoms with Gasteiger partial charge < -0.3 is 5.32 Å². The van der Waals surface area contributed by atoms with Gasteiger partial charge in [-0.3, -0.25) is 4.90 Å². The second-order valence-electron chi connectivity index (χ2n) is 4.41. The molecule has 0 saturated carbocycles.